The summed E-state index contributed by atoms with van der Waals surface area (Å²) in [5.41, 5.74) is 2.65. The third kappa shape index (κ3) is 4.99. The molecule has 0 bridgehead atoms. The average Bonchev–Trinajstić information content (AvgIpc) is 3.10. The molecule has 1 N–H and O–H groups in total. The summed E-state index contributed by atoms with van der Waals surface area (Å²) in [6, 6.07) is 14.8. The van der Waals surface area contributed by atoms with E-state index in [2.05, 4.69) is 10.3 Å². The minimum absolute atomic E-state index is 0.0461. The summed E-state index contributed by atoms with van der Waals surface area (Å²) in [7, 11) is 0. The molecule has 0 unspecified atom stereocenters. The predicted octanol–water partition coefficient (Wildman–Crippen LogP) is 5.89. The van der Waals surface area contributed by atoms with Crippen molar-refractivity contribution in [2.45, 2.75) is 13.3 Å². The summed E-state index contributed by atoms with van der Waals surface area (Å²) >= 11 is 13.6. The Morgan fingerprint density at radius 2 is 2.04 bits per heavy atom. The molecule has 1 amide bonds. The van der Waals surface area contributed by atoms with Crippen molar-refractivity contribution < 1.29 is 4.79 Å². The topological polar surface area (TPSA) is 65.8 Å². The molecule has 0 saturated heterocycles. The molecule has 0 radical (unpaired) electrons. The van der Waals surface area contributed by atoms with Gasteiger partial charge >= 0.3 is 0 Å². The molecule has 0 aliphatic rings. The monoisotopic (exact) mass is 427 g/mol. The summed E-state index contributed by atoms with van der Waals surface area (Å²) in [5.74, 6) is -0.526. The summed E-state index contributed by atoms with van der Waals surface area (Å²) in [5, 5.41) is 13.6. The fraction of sp³-hybridized carbons (Fsp3) is 0.0952. The van der Waals surface area contributed by atoms with Gasteiger partial charge in [0.25, 0.3) is 5.91 Å². The molecule has 0 fully saturated rings. The Morgan fingerprint density at radius 3 is 2.75 bits per heavy atom. The molecule has 140 valence electrons. The first kappa shape index (κ1) is 20.1. The maximum Gasteiger partial charge on any atom is 0.268 e. The SMILES string of the molecule is Cc1ccc(Cc2cnc(NC(=O)/C(C#N)=C/c3ccccc3Cl)s2)cc1Cl. The maximum absolute atomic E-state index is 12.4. The van der Waals surface area contributed by atoms with E-state index in [1.165, 1.54) is 17.4 Å². The third-order valence-corrected chi connectivity index (χ3v) is 5.62. The van der Waals surface area contributed by atoms with Gasteiger partial charge < -0.3 is 0 Å². The number of rotatable bonds is 5. The van der Waals surface area contributed by atoms with Crippen LogP contribution in [-0.2, 0) is 11.2 Å². The Morgan fingerprint density at radius 1 is 1.25 bits per heavy atom. The molecule has 1 aromatic heterocycles. The highest BCUT2D eigenvalue weighted by molar-refractivity contribution is 7.15. The number of aromatic nitrogens is 1. The normalized spacial score (nSPS) is 11.1. The first-order chi connectivity index (χ1) is 13.5. The lowest BCUT2D eigenvalue weighted by Gasteiger charge is -2.02. The lowest BCUT2D eigenvalue weighted by atomic mass is 10.1. The summed E-state index contributed by atoms with van der Waals surface area (Å²) < 4.78 is 0. The molecular weight excluding hydrogens is 413 g/mol. The van der Waals surface area contributed by atoms with Crippen molar-refractivity contribution in [3.63, 3.8) is 0 Å². The number of carbonyl (C=O) groups excluding carboxylic acids is 1. The highest BCUT2D eigenvalue weighted by Gasteiger charge is 2.13. The number of carbonyl (C=O) groups is 1. The van der Waals surface area contributed by atoms with Crippen LogP contribution < -0.4 is 5.32 Å². The minimum atomic E-state index is -0.526. The number of hydrogen-bond donors (Lipinski definition) is 1. The first-order valence-electron chi connectivity index (χ1n) is 8.33. The smallest absolute Gasteiger partial charge is 0.268 e. The number of nitriles is 1. The van der Waals surface area contributed by atoms with Gasteiger partial charge in [-0.3, -0.25) is 10.1 Å². The molecule has 3 rings (SSSR count). The zero-order valence-corrected chi connectivity index (χ0v) is 17.2. The van der Waals surface area contributed by atoms with Crippen LogP contribution in [0, 0.1) is 18.3 Å². The summed E-state index contributed by atoms with van der Waals surface area (Å²) in [4.78, 5) is 17.6. The number of benzene rings is 2. The van der Waals surface area contributed by atoms with E-state index in [4.69, 9.17) is 23.2 Å². The number of aryl methyl sites for hydroxylation is 1. The third-order valence-electron chi connectivity index (χ3n) is 3.96. The van der Waals surface area contributed by atoms with E-state index in [1.54, 1.807) is 30.5 Å². The van der Waals surface area contributed by atoms with E-state index in [1.807, 2.05) is 31.2 Å². The molecule has 28 heavy (non-hydrogen) atoms. The zero-order chi connectivity index (χ0) is 20.1. The molecule has 0 spiro atoms. The van der Waals surface area contributed by atoms with Gasteiger partial charge in [-0.05, 0) is 41.8 Å². The Bertz CT molecular complexity index is 1100. The first-order valence-corrected chi connectivity index (χ1v) is 9.91. The van der Waals surface area contributed by atoms with E-state index in [0.29, 0.717) is 22.1 Å². The van der Waals surface area contributed by atoms with Crippen LogP contribution in [0.4, 0.5) is 5.13 Å². The van der Waals surface area contributed by atoms with E-state index in [9.17, 15) is 10.1 Å². The number of amides is 1. The van der Waals surface area contributed by atoms with Crippen molar-refractivity contribution in [3.05, 3.63) is 85.8 Å². The molecule has 0 aliphatic heterocycles. The molecule has 0 aliphatic carbocycles. The molecule has 0 saturated carbocycles. The standard InChI is InChI=1S/C21H15Cl2N3OS/c1-13-6-7-14(9-19(13)23)8-17-12-25-21(28-17)26-20(27)16(11-24)10-15-4-2-3-5-18(15)22/h2-7,9-10,12H,8H2,1H3,(H,25,26,27)/b16-10+. The van der Waals surface area contributed by atoms with Crippen LogP contribution in [0.2, 0.25) is 10.0 Å². The van der Waals surface area contributed by atoms with Gasteiger partial charge in [0.05, 0.1) is 0 Å². The van der Waals surface area contributed by atoms with Crippen LogP contribution in [-0.4, -0.2) is 10.9 Å². The molecule has 3 aromatic rings. The lowest BCUT2D eigenvalue weighted by Crippen LogP contribution is -2.13. The van der Waals surface area contributed by atoms with E-state index in [-0.39, 0.29) is 5.57 Å². The fourth-order valence-corrected chi connectivity index (χ4v) is 3.69. The van der Waals surface area contributed by atoms with Crippen molar-refractivity contribution >= 4 is 51.7 Å². The highest BCUT2D eigenvalue weighted by atomic mass is 35.5. The van der Waals surface area contributed by atoms with Gasteiger partial charge in [-0.15, -0.1) is 11.3 Å². The number of nitrogens with one attached hydrogen (secondary N) is 1. The van der Waals surface area contributed by atoms with Crippen molar-refractivity contribution in [1.29, 1.82) is 5.26 Å². The highest BCUT2D eigenvalue weighted by Crippen LogP contribution is 2.25. The average molecular weight is 428 g/mol. The summed E-state index contributed by atoms with van der Waals surface area (Å²) in [6.07, 6.45) is 3.83. The van der Waals surface area contributed by atoms with E-state index < -0.39 is 5.91 Å². The Hall–Kier alpha value is -2.65. The number of thiazole rings is 1. The van der Waals surface area contributed by atoms with Gasteiger partial charge in [0, 0.05) is 27.5 Å². The minimum Gasteiger partial charge on any atom is -0.297 e. The van der Waals surface area contributed by atoms with Crippen LogP contribution >= 0.6 is 34.5 Å². The largest absolute Gasteiger partial charge is 0.297 e. The lowest BCUT2D eigenvalue weighted by molar-refractivity contribution is -0.112. The van der Waals surface area contributed by atoms with Gasteiger partial charge in [0.1, 0.15) is 11.6 Å². The van der Waals surface area contributed by atoms with Gasteiger partial charge in [-0.1, -0.05) is 53.5 Å². The number of halogens is 2. The van der Waals surface area contributed by atoms with Crippen molar-refractivity contribution in [1.82, 2.24) is 4.98 Å². The maximum atomic E-state index is 12.4. The zero-order valence-electron chi connectivity index (χ0n) is 14.9. The van der Waals surface area contributed by atoms with Crippen molar-refractivity contribution in [3.8, 4) is 6.07 Å². The molecule has 2 aromatic carbocycles. The molecule has 7 heteroatoms. The quantitative estimate of drug-likeness (QED) is 0.407. The van der Waals surface area contributed by atoms with Crippen LogP contribution in [0.3, 0.4) is 0 Å². The number of hydrogen-bond acceptors (Lipinski definition) is 4. The van der Waals surface area contributed by atoms with Crippen LogP contribution in [0.15, 0.2) is 54.2 Å². The molecule has 4 nitrogen and oxygen atoms in total. The Kier molecular flexibility index (Phi) is 6.48. The molecular formula is C21H15Cl2N3OS. The van der Waals surface area contributed by atoms with E-state index in [0.717, 1.165) is 21.0 Å². The second-order valence-electron chi connectivity index (χ2n) is 6.04. The number of nitrogens with zero attached hydrogens (tertiary/aromatic N) is 2. The molecule has 0 atom stereocenters. The Labute approximate surface area is 177 Å². The van der Waals surface area contributed by atoms with Gasteiger partial charge in [-0.25, -0.2) is 4.98 Å². The van der Waals surface area contributed by atoms with Crippen molar-refractivity contribution in [2.75, 3.05) is 5.32 Å². The number of anilines is 1. The van der Waals surface area contributed by atoms with Crippen molar-refractivity contribution in [2.24, 2.45) is 0 Å². The second kappa shape index (κ2) is 9.03. The fourth-order valence-electron chi connectivity index (χ4n) is 2.46. The van der Waals surface area contributed by atoms with Gasteiger partial charge in [0.15, 0.2) is 5.13 Å². The van der Waals surface area contributed by atoms with Gasteiger partial charge in [-0.2, -0.15) is 5.26 Å². The summed E-state index contributed by atoms with van der Waals surface area (Å²) in [6.45, 7) is 1.95. The van der Waals surface area contributed by atoms with E-state index >= 15 is 0 Å². The van der Waals surface area contributed by atoms with Gasteiger partial charge in [0.2, 0.25) is 0 Å². The predicted molar refractivity (Wildman–Crippen MR) is 115 cm³/mol. The Balaban J connectivity index is 1.71. The molecule has 1 heterocycles. The second-order valence-corrected chi connectivity index (χ2v) is 7.97. The van der Waals surface area contributed by atoms with Crippen LogP contribution in [0.5, 0.6) is 0 Å². The van der Waals surface area contributed by atoms with Crippen LogP contribution in [0.1, 0.15) is 21.6 Å². The van der Waals surface area contributed by atoms with Crippen LogP contribution in [0.25, 0.3) is 6.08 Å².